The normalized spacial score (nSPS) is 11.6. The zero-order valence-corrected chi connectivity index (χ0v) is 14.1. The molecule has 8 heteroatoms. The maximum Gasteiger partial charge on any atom is 0.262 e. The molecule has 0 aliphatic heterocycles. The number of hydrogen-bond acceptors (Lipinski definition) is 5. The number of carbonyl (C=O) groups is 1. The summed E-state index contributed by atoms with van der Waals surface area (Å²) in [5, 5.41) is 12.6. The molecule has 0 aliphatic rings. The highest BCUT2D eigenvalue weighted by Crippen LogP contribution is 2.28. The lowest BCUT2D eigenvalue weighted by atomic mass is 10.2. The van der Waals surface area contributed by atoms with Gasteiger partial charge in [-0.2, -0.15) is 5.26 Å². The van der Waals surface area contributed by atoms with Crippen LogP contribution >= 0.6 is 23.4 Å². The maximum atomic E-state index is 13.8. The van der Waals surface area contributed by atoms with E-state index in [1.807, 2.05) is 0 Å². The van der Waals surface area contributed by atoms with Crippen molar-refractivity contribution in [2.45, 2.75) is 12.2 Å². The molecule has 23 heavy (non-hydrogen) atoms. The number of nitrogens with two attached hydrogens (primary N) is 1. The number of primary amides is 1. The van der Waals surface area contributed by atoms with Crippen LogP contribution in [0.5, 0.6) is 0 Å². The Kier molecular flexibility index (Phi) is 8.48. The number of methoxy groups -OCH3 is 1. The summed E-state index contributed by atoms with van der Waals surface area (Å²) in [5.41, 5.74) is 5.32. The third-order valence-electron chi connectivity index (χ3n) is 2.82. The molecule has 0 saturated carbocycles. The highest BCUT2D eigenvalue weighted by Gasteiger charge is 2.15. The van der Waals surface area contributed by atoms with E-state index in [-0.39, 0.29) is 16.3 Å². The van der Waals surface area contributed by atoms with E-state index >= 15 is 0 Å². The molecular weight excluding hydrogens is 341 g/mol. The van der Waals surface area contributed by atoms with Gasteiger partial charge in [-0.25, -0.2) is 4.39 Å². The highest BCUT2D eigenvalue weighted by atomic mass is 35.5. The van der Waals surface area contributed by atoms with Crippen molar-refractivity contribution in [2.24, 2.45) is 5.73 Å². The second-order valence-corrected chi connectivity index (χ2v) is 5.83. The van der Waals surface area contributed by atoms with Gasteiger partial charge >= 0.3 is 0 Å². The molecule has 0 radical (unpaired) electrons. The number of nitriles is 1. The molecule has 124 valence electrons. The van der Waals surface area contributed by atoms with Gasteiger partial charge in [0.15, 0.2) is 0 Å². The predicted octanol–water partition coefficient (Wildman–Crippen LogP) is 2.56. The number of carbonyl (C=O) groups excluding carboxylic acids is 1. The Hall–Kier alpha value is -1.75. The van der Waals surface area contributed by atoms with E-state index in [0.717, 1.165) is 11.8 Å². The zero-order valence-electron chi connectivity index (χ0n) is 12.6. The molecule has 1 rings (SSSR count). The number of nitrogens with one attached hydrogen (secondary N) is 1. The summed E-state index contributed by atoms with van der Waals surface area (Å²) in [6.45, 7) is 1.02. The molecule has 0 aromatic heterocycles. The second kappa shape index (κ2) is 10.1. The minimum absolute atomic E-state index is 0.163. The van der Waals surface area contributed by atoms with Gasteiger partial charge in [0.2, 0.25) is 0 Å². The van der Waals surface area contributed by atoms with E-state index in [1.165, 1.54) is 12.1 Å². The summed E-state index contributed by atoms with van der Waals surface area (Å²) in [5.74, 6) is -1.12. The maximum absolute atomic E-state index is 13.8. The average molecular weight is 358 g/mol. The van der Waals surface area contributed by atoms with E-state index < -0.39 is 11.7 Å². The standard InChI is InChI=1S/C15H17ClFN3O2S/c1-22-7-3-6-20-15(10(8-18)14(19)21)23-9-11-12(16)4-2-5-13(11)17/h2,4-5,20H,3,6-7,9H2,1H3,(H2,19,21). The number of hydrogen-bond donors (Lipinski definition) is 2. The number of ether oxygens (including phenoxy) is 1. The van der Waals surface area contributed by atoms with Gasteiger partial charge in [-0.3, -0.25) is 4.79 Å². The van der Waals surface area contributed by atoms with E-state index in [2.05, 4.69) is 5.32 Å². The van der Waals surface area contributed by atoms with Crippen molar-refractivity contribution in [3.05, 3.63) is 45.2 Å². The van der Waals surface area contributed by atoms with E-state index in [4.69, 9.17) is 27.3 Å². The first kappa shape index (κ1) is 19.3. The molecule has 5 nitrogen and oxygen atoms in total. The Balaban J connectivity index is 2.89. The van der Waals surface area contributed by atoms with Crippen molar-refractivity contribution >= 4 is 29.3 Å². The van der Waals surface area contributed by atoms with Crippen LogP contribution in [0, 0.1) is 17.1 Å². The van der Waals surface area contributed by atoms with Gasteiger partial charge < -0.3 is 15.8 Å². The first-order valence-electron chi connectivity index (χ1n) is 6.74. The van der Waals surface area contributed by atoms with E-state index in [9.17, 15) is 9.18 Å². The summed E-state index contributed by atoms with van der Waals surface area (Å²) in [4.78, 5) is 11.4. The smallest absolute Gasteiger partial charge is 0.262 e. The molecule has 3 N–H and O–H groups in total. The fourth-order valence-electron chi connectivity index (χ4n) is 1.66. The van der Waals surface area contributed by atoms with Crippen molar-refractivity contribution < 1.29 is 13.9 Å². The Morgan fingerprint density at radius 3 is 2.87 bits per heavy atom. The van der Waals surface area contributed by atoms with Gasteiger partial charge in [0.05, 0.1) is 5.03 Å². The Morgan fingerprint density at radius 2 is 2.30 bits per heavy atom. The summed E-state index contributed by atoms with van der Waals surface area (Å²) in [7, 11) is 1.58. The molecule has 1 aromatic rings. The summed E-state index contributed by atoms with van der Waals surface area (Å²) in [6, 6.07) is 6.16. The Bertz CT molecular complexity index is 611. The average Bonchev–Trinajstić information content (AvgIpc) is 2.50. The fraction of sp³-hybridized carbons (Fsp3) is 0.333. The molecule has 0 spiro atoms. The van der Waals surface area contributed by atoms with Crippen molar-refractivity contribution in [3.63, 3.8) is 0 Å². The van der Waals surface area contributed by atoms with Crippen LogP contribution < -0.4 is 11.1 Å². The quantitative estimate of drug-likeness (QED) is 0.403. The lowest BCUT2D eigenvalue weighted by Crippen LogP contribution is -2.22. The van der Waals surface area contributed by atoms with Crippen LogP contribution in [0.1, 0.15) is 12.0 Å². The van der Waals surface area contributed by atoms with Gasteiger partial charge in [0, 0.05) is 36.6 Å². The Labute approximate surface area is 143 Å². The predicted molar refractivity (Wildman–Crippen MR) is 89.0 cm³/mol. The molecule has 0 saturated heterocycles. The van der Waals surface area contributed by atoms with Crippen LogP contribution in [0.2, 0.25) is 5.02 Å². The third kappa shape index (κ3) is 6.10. The Morgan fingerprint density at radius 1 is 1.57 bits per heavy atom. The number of thioether (sulfide) groups is 1. The monoisotopic (exact) mass is 357 g/mol. The number of halogens is 2. The number of amides is 1. The van der Waals surface area contributed by atoms with Crippen LogP contribution in [-0.2, 0) is 15.3 Å². The lowest BCUT2D eigenvalue weighted by Gasteiger charge is -2.13. The van der Waals surface area contributed by atoms with Gasteiger partial charge in [0.1, 0.15) is 17.5 Å². The zero-order chi connectivity index (χ0) is 17.2. The van der Waals surface area contributed by atoms with Crippen molar-refractivity contribution in [1.82, 2.24) is 5.32 Å². The molecule has 0 unspecified atom stereocenters. The SMILES string of the molecule is COCCCNC(SCc1c(F)cccc1Cl)=C(C#N)C(N)=O. The van der Waals surface area contributed by atoms with Crippen molar-refractivity contribution in [3.8, 4) is 6.07 Å². The minimum Gasteiger partial charge on any atom is -0.385 e. The highest BCUT2D eigenvalue weighted by molar-refractivity contribution is 8.02. The number of nitrogens with zero attached hydrogens (tertiary/aromatic N) is 1. The summed E-state index contributed by atoms with van der Waals surface area (Å²) in [6.07, 6.45) is 0.679. The second-order valence-electron chi connectivity index (χ2n) is 4.44. The number of rotatable bonds is 9. The molecule has 0 bridgehead atoms. The lowest BCUT2D eigenvalue weighted by molar-refractivity contribution is -0.114. The van der Waals surface area contributed by atoms with Crippen LogP contribution in [0.4, 0.5) is 4.39 Å². The molecule has 0 aliphatic carbocycles. The van der Waals surface area contributed by atoms with Gasteiger partial charge in [-0.15, -0.1) is 11.8 Å². The van der Waals surface area contributed by atoms with Crippen molar-refractivity contribution in [1.29, 1.82) is 5.26 Å². The minimum atomic E-state index is -0.839. The van der Waals surface area contributed by atoms with Crippen LogP contribution in [0.15, 0.2) is 28.8 Å². The van der Waals surface area contributed by atoms with Crippen LogP contribution in [0.3, 0.4) is 0 Å². The summed E-state index contributed by atoms with van der Waals surface area (Å²) >= 11 is 7.07. The molecule has 0 atom stereocenters. The van der Waals surface area contributed by atoms with Gasteiger partial charge in [0.25, 0.3) is 5.91 Å². The van der Waals surface area contributed by atoms with Gasteiger partial charge in [-0.1, -0.05) is 17.7 Å². The van der Waals surface area contributed by atoms with Crippen LogP contribution in [-0.4, -0.2) is 26.2 Å². The largest absolute Gasteiger partial charge is 0.385 e. The van der Waals surface area contributed by atoms with Crippen molar-refractivity contribution in [2.75, 3.05) is 20.3 Å². The topological polar surface area (TPSA) is 88.1 Å². The molecule has 1 aromatic carbocycles. The fourth-order valence-corrected chi connectivity index (χ4v) is 3.05. The third-order valence-corrected chi connectivity index (χ3v) is 4.24. The first-order chi connectivity index (χ1) is 11.0. The van der Waals surface area contributed by atoms with Gasteiger partial charge in [-0.05, 0) is 18.6 Å². The summed E-state index contributed by atoms with van der Waals surface area (Å²) < 4.78 is 18.7. The molecule has 0 fully saturated rings. The van der Waals surface area contributed by atoms with E-state index in [0.29, 0.717) is 30.2 Å². The first-order valence-corrected chi connectivity index (χ1v) is 8.10. The van der Waals surface area contributed by atoms with Crippen LogP contribution in [0.25, 0.3) is 0 Å². The molecular formula is C15H17ClFN3O2S. The molecule has 1 amide bonds. The number of benzene rings is 1. The molecule has 0 heterocycles. The van der Waals surface area contributed by atoms with E-state index in [1.54, 1.807) is 19.2 Å².